The number of carbonyl (C=O) groups is 5. The van der Waals surface area contributed by atoms with Crippen LogP contribution >= 0.6 is 0 Å². The van der Waals surface area contributed by atoms with Crippen molar-refractivity contribution in [2.75, 3.05) is 20.3 Å². The van der Waals surface area contributed by atoms with Gasteiger partial charge < -0.3 is 29.2 Å². The summed E-state index contributed by atoms with van der Waals surface area (Å²) in [6.07, 6.45) is -1.33. The normalized spacial score (nSPS) is 32.5. The third-order valence-electron chi connectivity index (χ3n) is 9.49. The zero-order chi connectivity index (χ0) is 28.6. The second-order valence-electron chi connectivity index (χ2n) is 11.2. The Hall–Kier alpha value is -4.25. The van der Waals surface area contributed by atoms with Gasteiger partial charge >= 0.3 is 17.9 Å². The Morgan fingerprint density at radius 2 is 1.60 bits per heavy atom. The molecular weight excluding hydrogens is 524 g/mol. The van der Waals surface area contributed by atoms with Gasteiger partial charge in [0.25, 0.3) is 0 Å². The molecule has 11 nitrogen and oxygen atoms in total. The summed E-state index contributed by atoms with van der Waals surface area (Å²) in [5.74, 6) is -7.84. The molecule has 2 aromatic carbocycles. The van der Waals surface area contributed by atoms with Gasteiger partial charge in [-0.1, -0.05) is 0 Å². The fourth-order valence-corrected chi connectivity index (χ4v) is 8.42. The van der Waals surface area contributed by atoms with E-state index in [2.05, 4.69) is 0 Å². The van der Waals surface area contributed by atoms with Crippen LogP contribution in [0.1, 0.15) is 71.7 Å². The Morgan fingerprint density at radius 1 is 0.950 bits per heavy atom. The van der Waals surface area contributed by atoms with Crippen LogP contribution in [0.3, 0.4) is 0 Å². The molecule has 1 fully saturated rings. The Morgan fingerprint density at radius 3 is 2.27 bits per heavy atom. The molecule has 2 aliphatic heterocycles. The summed E-state index contributed by atoms with van der Waals surface area (Å²) in [6, 6.07) is 2.65. The minimum Gasteiger partial charge on any atom is -0.507 e. The number of aromatic hydroxyl groups is 2. The molecule has 11 heteroatoms. The quantitative estimate of drug-likeness (QED) is 0.416. The van der Waals surface area contributed by atoms with E-state index in [0.29, 0.717) is 16.7 Å². The molecule has 40 heavy (non-hydrogen) atoms. The number of benzene rings is 2. The van der Waals surface area contributed by atoms with Crippen molar-refractivity contribution in [3.63, 3.8) is 0 Å². The molecule has 0 amide bonds. The second-order valence-corrected chi connectivity index (χ2v) is 11.2. The highest BCUT2D eigenvalue weighted by Crippen LogP contribution is 2.71. The largest absolute Gasteiger partial charge is 0.507 e. The first kappa shape index (κ1) is 24.8. The summed E-state index contributed by atoms with van der Waals surface area (Å²) >= 11 is 0. The third kappa shape index (κ3) is 2.44. The summed E-state index contributed by atoms with van der Waals surface area (Å²) in [5.41, 5.74) is -2.22. The minimum atomic E-state index is -1.79. The Bertz CT molecular complexity index is 1650. The summed E-state index contributed by atoms with van der Waals surface area (Å²) in [5, 5.41) is 21.7. The predicted molar refractivity (Wildman–Crippen MR) is 131 cm³/mol. The van der Waals surface area contributed by atoms with Crippen molar-refractivity contribution in [2.24, 2.45) is 11.8 Å². The lowest BCUT2D eigenvalue weighted by molar-refractivity contribution is -0.154. The number of fused-ring (bicyclic) bond motifs is 4. The monoisotopic (exact) mass is 548 g/mol. The van der Waals surface area contributed by atoms with Gasteiger partial charge in [-0.2, -0.15) is 0 Å². The van der Waals surface area contributed by atoms with Crippen LogP contribution in [0.15, 0.2) is 12.1 Å². The molecule has 5 aliphatic rings. The lowest BCUT2D eigenvalue weighted by Gasteiger charge is -2.49. The zero-order valence-electron chi connectivity index (χ0n) is 21.9. The van der Waals surface area contributed by atoms with Gasteiger partial charge in [0.05, 0.1) is 23.2 Å². The summed E-state index contributed by atoms with van der Waals surface area (Å²) < 4.78 is 23.1. The number of methoxy groups -OCH3 is 1. The lowest BCUT2D eigenvalue weighted by Crippen LogP contribution is -2.59. The number of ether oxygens (including phenoxy) is 4. The first-order valence-corrected chi connectivity index (χ1v) is 12.8. The molecule has 2 heterocycles. The number of phenols is 2. The summed E-state index contributed by atoms with van der Waals surface area (Å²) in [7, 11) is 1.33. The van der Waals surface area contributed by atoms with Crippen LogP contribution in [-0.2, 0) is 39.6 Å². The van der Waals surface area contributed by atoms with Crippen LogP contribution in [0.4, 0.5) is 0 Å². The van der Waals surface area contributed by atoms with Crippen LogP contribution in [0, 0.1) is 25.7 Å². The number of cyclic esters (lactones) is 2. The number of esters is 3. The highest BCUT2D eigenvalue weighted by molar-refractivity contribution is 6.13. The van der Waals surface area contributed by atoms with E-state index in [9.17, 15) is 34.2 Å². The van der Waals surface area contributed by atoms with E-state index in [1.54, 1.807) is 13.8 Å². The lowest BCUT2D eigenvalue weighted by atomic mass is 9.57. The van der Waals surface area contributed by atoms with Gasteiger partial charge in [0, 0.05) is 19.6 Å². The maximum absolute atomic E-state index is 14.7. The van der Waals surface area contributed by atoms with Crippen LogP contribution < -0.4 is 0 Å². The summed E-state index contributed by atoms with van der Waals surface area (Å²) in [6.45, 7) is 3.70. The van der Waals surface area contributed by atoms with Gasteiger partial charge in [0.2, 0.25) is 0 Å². The van der Waals surface area contributed by atoms with Crippen LogP contribution in [-0.4, -0.2) is 66.1 Å². The first-order valence-electron chi connectivity index (χ1n) is 12.8. The molecule has 206 valence electrons. The van der Waals surface area contributed by atoms with Crippen molar-refractivity contribution in [3.8, 4) is 11.5 Å². The Kier molecular flexibility index (Phi) is 4.63. The number of phenolic OH excluding ortho intramolecular Hbond substituents is 2. The molecule has 1 saturated carbocycles. The molecule has 1 spiro atoms. The maximum Gasteiger partial charge on any atom is 0.342 e. The number of ketones is 2. The molecule has 0 radical (unpaired) electrons. The van der Waals surface area contributed by atoms with Crippen molar-refractivity contribution in [3.05, 3.63) is 56.6 Å². The third-order valence-corrected chi connectivity index (χ3v) is 9.49. The van der Waals surface area contributed by atoms with Crippen molar-refractivity contribution in [2.45, 2.75) is 43.8 Å². The van der Waals surface area contributed by atoms with Gasteiger partial charge in [0.15, 0.2) is 11.6 Å². The molecule has 6 atom stereocenters. The molecule has 2 N–H and O–H groups in total. The topological polar surface area (TPSA) is 163 Å². The number of Topliss-reactive ketones (excluding diaryl/α,β-unsaturated/α-hetero) is 2. The highest BCUT2D eigenvalue weighted by atomic mass is 16.6. The van der Waals surface area contributed by atoms with E-state index in [-0.39, 0.29) is 40.2 Å². The van der Waals surface area contributed by atoms with E-state index >= 15 is 0 Å². The van der Waals surface area contributed by atoms with E-state index < -0.39 is 76.7 Å². The standard InChI is InChI=1S/C29H24O11/c1-9-5-14(32)18-20-15(9)23(34)21-25(40-11(3)30)28(20,8-39-27(18)36)24-22(33)12-7-38-26(35)17-13(31)6-10(2)19(16(12)17)29(21,24)37-4/h5-6,12,21,24-25,31-32H,7-8H2,1-4H3. The van der Waals surface area contributed by atoms with Crippen LogP contribution in [0.25, 0.3) is 0 Å². The maximum atomic E-state index is 14.7. The van der Waals surface area contributed by atoms with Crippen LogP contribution in [0.2, 0.25) is 0 Å². The average molecular weight is 549 g/mol. The average Bonchev–Trinajstić information content (AvgIpc) is 3.06. The first-order chi connectivity index (χ1) is 18.9. The van der Waals surface area contributed by atoms with Gasteiger partial charge in [0.1, 0.15) is 47.5 Å². The molecular formula is C29H24O11. The highest BCUT2D eigenvalue weighted by Gasteiger charge is 2.81. The Labute approximate surface area is 227 Å². The molecule has 6 unspecified atom stereocenters. The number of hydrogen-bond donors (Lipinski definition) is 2. The van der Waals surface area contributed by atoms with Gasteiger partial charge in [-0.3, -0.25) is 14.4 Å². The zero-order valence-corrected chi connectivity index (χ0v) is 21.9. The van der Waals surface area contributed by atoms with Crippen molar-refractivity contribution >= 4 is 29.5 Å². The van der Waals surface area contributed by atoms with Crippen LogP contribution in [0.5, 0.6) is 11.5 Å². The number of carbonyl (C=O) groups excluding carboxylic acids is 5. The van der Waals surface area contributed by atoms with Crippen molar-refractivity contribution in [1.82, 2.24) is 0 Å². The number of aryl methyl sites for hydroxylation is 2. The van der Waals surface area contributed by atoms with E-state index in [4.69, 9.17) is 18.9 Å². The van der Waals surface area contributed by atoms with Crippen molar-refractivity contribution in [1.29, 1.82) is 0 Å². The second kappa shape index (κ2) is 7.48. The molecule has 0 aromatic heterocycles. The smallest absolute Gasteiger partial charge is 0.342 e. The fourth-order valence-electron chi connectivity index (χ4n) is 8.42. The Balaban J connectivity index is 1.69. The molecule has 2 bridgehead atoms. The predicted octanol–water partition coefficient (Wildman–Crippen LogP) is 1.88. The van der Waals surface area contributed by atoms with Gasteiger partial charge in [-0.25, -0.2) is 9.59 Å². The minimum absolute atomic E-state index is 0.0962. The number of rotatable bonds is 2. The van der Waals surface area contributed by atoms with E-state index in [1.165, 1.54) is 26.2 Å². The molecule has 7 rings (SSSR count). The fraction of sp³-hybridized carbons (Fsp3) is 0.414. The molecule has 0 saturated heterocycles. The molecule has 2 aromatic rings. The SMILES string of the molecule is COC12c3c(C)cc(O)c4c3C(COC4=O)C(=O)C1C13COC(=O)c4c(O)cc(C)c(c41)C(=O)C2C3OC(C)=O. The van der Waals surface area contributed by atoms with Gasteiger partial charge in [-0.05, 0) is 53.8 Å². The molecule has 3 aliphatic carbocycles. The number of hydrogen-bond acceptors (Lipinski definition) is 11. The van der Waals surface area contributed by atoms with E-state index in [0.717, 1.165) is 0 Å². The van der Waals surface area contributed by atoms with Gasteiger partial charge in [-0.15, -0.1) is 0 Å². The van der Waals surface area contributed by atoms with Crippen molar-refractivity contribution < 1.29 is 53.1 Å². The summed E-state index contributed by atoms with van der Waals surface area (Å²) in [4.78, 5) is 67.8. The van der Waals surface area contributed by atoms with E-state index in [1.807, 2.05) is 0 Å².